The second-order valence-electron chi connectivity index (χ2n) is 8.38. The molecule has 2 heterocycles. The number of rotatable bonds is 3. The van der Waals surface area contributed by atoms with Gasteiger partial charge in [-0.25, -0.2) is 14.8 Å². The molecule has 2 aromatic rings. The van der Waals surface area contributed by atoms with Gasteiger partial charge in [0, 0.05) is 36.8 Å². The van der Waals surface area contributed by atoms with Gasteiger partial charge in [-0.3, -0.25) is 0 Å². The zero-order chi connectivity index (χ0) is 23.0. The van der Waals surface area contributed by atoms with E-state index in [1.807, 2.05) is 18.7 Å². The van der Waals surface area contributed by atoms with Gasteiger partial charge in [0.2, 0.25) is 0 Å². The Morgan fingerprint density at radius 2 is 1.84 bits per heavy atom. The van der Waals surface area contributed by atoms with Crippen LogP contribution in [0.3, 0.4) is 0 Å². The Kier molecular flexibility index (Phi) is 5.67. The molecule has 2 aliphatic rings. The number of nitrogens with zero attached hydrogens (tertiary/aromatic N) is 5. The van der Waals surface area contributed by atoms with Crippen molar-refractivity contribution in [2.45, 2.75) is 50.9 Å². The van der Waals surface area contributed by atoms with E-state index in [-0.39, 0.29) is 18.1 Å². The van der Waals surface area contributed by atoms with Gasteiger partial charge < -0.3 is 15.1 Å². The highest BCUT2D eigenvalue weighted by Crippen LogP contribution is 2.38. The van der Waals surface area contributed by atoms with Crippen LogP contribution in [0.2, 0.25) is 0 Å². The highest BCUT2D eigenvalue weighted by atomic mass is 19.4. The summed E-state index contributed by atoms with van der Waals surface area (Å²) in [6.45, 7) is 4.38. The van der Waals surface area contributed by atoms with Crippen LogP contribution in [0.5, 0.6) is 0 Å². The average Bonchev–Trinajstić information content (AvgIpc) is 3.60. The smallest absolute Gasteiger partial charge is 0.365 e. The molecule has 4 rings (SSSR count). The van der Waals surface area contributed by atoms with Gasteiger partial charge in [-0.05, 0) is 44.9 Å². The van der Waals surface area contributed by atoms with E-state index >= 15 is 0 Å². The fourth-order valence-corrected chi connectivity index (χ4v) is 3.96. The fourth-order valence-electron chi connectivity index (χ4n) is 3.96. The predicted octanol–water partition coefficient (Wildman–Crippen LogP) is 4.38. The van der Waals surface area contributed by atoms with E-state index in [1.54, 1.807) is 23.4 Å². The van der Waals surface area contributed by atoms with Crippen molar-refractivity contribution in [2.75, 3.05) is 23.3 Å². The summed E-state index contributed by atoms with van der Waals surface area (Å²) in [5, 5.41) is 11.8. The molecule has 0 bridgehead atoms. The van der Waals surface area contributed by atoms with Crippen molar-refractivity contribution >= 4 is 17.4 Å². The molecule has 1 N–H and O–H groups in total. The molecule has 32 heavy (non-hydrogen) atoms. The first-order chi connectivity index (χ1) is 15.2. The first-order valence-electron chi connectivity index (χ1n) is 10.4. The number of halogens is 3. The Morgan fingerprint density at radius 3 is 2.44 bits per heavy atom. The summed E-state index contributed by atoms with van der Waals surface area (Å²) in [4.78, 5) is 24.9. The third-order valence-corrected chi connectivity index (χ3v) is 5.87. The van der Waals surface area contributed by atoms with E-state index in [0.717, 1.165) is 24.7 Å². The molecule has 1 saturated heterocycles. The third kappa shape index (κ3) is 4.47. The zero-order valence-corrected chi connectivity index (χ0v) is 17.7. The summed E-state index contributed by atoms with van der Waals surface area (Å²) in [5.41, 5.74) is -0.481. The van der Waals surface area contributed by atoms with Crippen molar-refractivity contribution in [3.63, 3.8) is 0 Å². The number of nitriles is 1. The van der Waals surface area contributed by atoms with Crippen molar-refractivity contribution in [3.05, 3.63) is 47.5 Å². The van der Waals surface area contributed by atoms with E-state index in [4.69, 9.17) is 5.26 Å². The molecule has 1 aliphatic carbocycles. The Morgan fingerprint density at radius 1 is 1.16 bits per heavy atom. The van der Waals surface area contributed by atoms with Gasteiger partial charge in [-0.2, -0.15) is 18.4 Å². The molecule has 0 unspecified atom stereocenters. The van der Waals surface area contributed by atoms with Gasteiger partial charge in [0.25, 0.3) is 0 Å². The van der Waals surface area contributed by atoms with E-state index < -0.39 is 17.3 Å². The maximum absolute atomic E-state index is 13.4. The number of carbonyl (C=O) groups is 1. The lowest BCUT2D eigenvalue weighted by Gasteiger charge is -2.45. The molecule has 2 amide bonds. The number of benzene rings is 1. The van der Waals surface area contributed by atoms with Crippen LogP contribution in [0.4, 0.5) is 29.3 Å². The number of amides is 2. The largest absolute Gasteiger partial charge is 0.417 e. The monoisotopic (exact) mass is 444 g/mol. The van der Waals surface area contributed by atoms with Crippen LogP contribution in [0, 0.1) is 11.3 Å². The number of carbonyl (C=O) groups excluding carboxylic acids is 1. The molecule has 1 saturated carbocycles. The molecule has 1 aromatic carbocycles. The molecule has 2 atom stereocenters. The molecule has 0 spiro atoms. The lowest BCUT2D eigenvalue weighted by molar-refractivity contribution is -0.137. The summed E-state index contributed by atoms with van der Waals surface area (Å²) >= 11 is 0. The summed E-state index contributed by atoms with van der Waals surface area (Å²) in [6, 6.07) is 4.55. The third-order valence-electron chi connectivity index (χ3n) is 5.87. The van der Waals surface area contributed by atoms with Crippen LogP contribution in [0.1, 0.15) is 49.6 Å². The lowest BCUT2D eigenvalue weighted by Crippen LogP contribution is -2.59. The Hall–Kier alpha value is -3.35. The molecular formula is C22H23F3N6O. The minimum atomic E-state index is -4.62. The topological polar surface area (TPSA) is 85.2 Å². The van der Waals surface area contributed by atoms with Crippen LogP contribution in [-0.4, -0.2) is 46.1 Å². The zero-order valence-electron chi connectivity index (χ0n) is 17.7. The van der Waals surface area contributed by atoms with Gasteiger partial charge in [0.15, 0.2) is 0 Å². The Balaban J connectivity index is 1.46. The number of nitrogens with one attached hydrogen (secondary N) is 1. The Bertz CT molecular complexity index is 1050. The van der Waals surface area contributed by atoms with Gasteiger partial charge in [-0.1, -0.05) is 0 Å². The summed E-state index contributed by atoms with van der Waals surface area (Å²) < 4.78 is 40.1. The molecular weight excluding hydrogens is 421 g/mol. The van der Waals surface area contributed by atoms with Crippen molar-refractivity contribution < 1.29 is 18.0 Å². The highest BCUT2D eigenvalue weighted by Gasteiger charge is 2.36. The quantitative estimate of drug-likeness (QED) is 0.760. The van der Waals surface area contributed by atoms with Crippen LogP contribution >= 0.6 is 0 Å². The molecule has 1 aromatic heterocycles. The summed E-state index contributed by atoms with van der Waals surface area (Å²) in [5.74, 6) is 1.22. The number of urea groups is 1. The highest BCUT2D eigenvalue weighted by molar-refractivity contribution is 5.89. The normalized spacial score (nSPS) is 21.2. The Labute approximate surface area is 183 Å². The van der Waals surface area contributed by atoms with Crippen LogP contribution in [0.25, 0.3) is 0 Å². The fraction of sp³-hybridized carbons (Fsp3) is 0.455. The first-order valence-corrected chi connectivity index (χ1v) is 10.4. The van der Waals surface area contributed by atoms with E-state index in [1.165, 1.54) is 12.1 Å². The van der Waals surface area contributed by atoms with E-state index in [0.29, 0.717) is 30.4 Å². The van der Waals surface area contributed by atoms with Gasteiger partial charge in [-0.15, -0.1) is 0 Å². The molecule has 1 aliphatic heterocycles. The number of piperazine rings is 1. The predicted molar refractivity (Wildman–Crippen MR) is 112 cm³/mol. The van der Waals surface area contributed by atoms with Crippen LogP contribution in [0.15, 0.2) is 30.6 Å². The summed E-state index contributed by atoms with van der Waals surface area (Å²) in [6.07, 6.45) is 0.759. The number of hydrogen-bond acceptors (Lipinski definition) is 5. The van der Waals surface area contributed by atoms with E-state index in [9.17, 15) is 18.0 Å². The number of alkyl halides is 3. The first kappa shape index (κ1) is 21.9. The number of anilines is 2. The SMILES string of the molecule is C[C@@H]1CN(c2ccc(C#N)c(C(F)(F)F)c2)[C@@H](C)CN1C(=O)Nc1cnc(C2CC2)nc1. The van der Waals surface area contributed by atoms with Gasteiger partial charge in [0.1, 0.15) is 5.82 Å². The summed E-state index contributed by atoms with van der Waals surface area (Å²) in [7, 11) is 0. The number of hydrogen-bond donors (Lipinski definition) is 1. The van der Waals surface area contributed by atoms with Crippen molar-refractivity contribution in [3.8, 4) is 6.07 Å². The second kappa shape index (κ2) is 8.30. The van der Waals surface area contributed by atoms with Gasteiger partial charge in [0.05, 0.1) is 35.3 Å². The lowest BCUT2D eigenvalue weighted by atomic mass is 10.0. The van der Waals surface area contributed by atoms with Gasteiger partial charge >= 0.3 is 12.2 Å². The maximum Gasteiger partial charge on any atom is 0.417 e. The average molecular weight is 444 g/mol. The van der Waals surface area contributed by atoms with Crippen molar-refractivity contribution in [1.82, 2.24) is 14.9 Å². The minimum absolute atomic E-state index is 0.223. The molecule has 10 heteroatoms. The minimum Gasteiger partial charge on any atom is -0.365 e. The molecule has 2 fully saturated rings. The maximum atomic E-state index is 13.4. The van der Waals surface area contributed by atoms with Crippen LogP contribution < -0.4 is 10.2 Å². The number of aromatic nitrogens is 2. The second-order valence-corrected chi connectivity index (χ2v) is 8.38. The molecule has 168 valence electrons. The standard InChI is InChI=1S/C22H23F3N6O/c1-13-12-31(21(32)29-17-9-27-20(28-10-17)15-3-4-15)14(2)11-30(13)18-6-5-16(8-26)19(7-18)22(23,24)25/h5-7,9-10,13-15H,3-4,11-12H2,1-2H3,(H,29,32)/t13-,14+/m0/s1. The van der Waals surface area contributed by atoms with Crippen LogP contribution in [-0.2, 0) is 6.18 Å². The molecule has 0 radical (unpaired) electrons. The molecule has 7 nitrogen and oxygen atoms in total. The van der Waals surface area contributed by atoms with Crippen molar-refractivity contribution in [1.29, 1.82) is 5.26 Å². The van der Waals surface area contributed by atoms with Crippen molar-refractivity contribution in [2.24, 2.45) is 0 Å². The van der Waals surface area contributed by atoms with E-state index in [2.05, 4.69) is 15.3 Å².